The molecule has 0 aromatic heterocycles. The summed E-state index contributed by atoms with van der Waals surface area (Å²) in [5.41, 5.74) is 3.37. The van der Waals surface area contributed by atoms with Crippen LogP contribution in [0.3, 0.4) is 0 Å². The van der Waals surface area contributed by atoms with E-state index in [2.05, 4.69) is 10.0 Å². The SMILES string of the molecule is Cc1cccc(OC(=O)Nc2ccc3c(c2)C[C@@H](NS(C)(=O)=O)C3)c1-c1ccc(C(F)(F)F)cc1. The summed E-state index contributed by atoms with van der Waals surface area (Å²) in [6, 6.07) is 14.8. The van der Waals surface area contributed by atoms with Gasteiger partial charge in [0.15, 0.2) is 0 Å². The Bertz CT molecular complexity index is 1370. The van der Waals surface area contributed by atoms with E-state index in [1.165, 1.54) is 12.1 Å². The van der Waals surface area contributed by atoms with Crippen molar-refractivity contribution >= 4 is 21.8 Å². The molecule has 0 bridgehead atoms. The highest BCUT2D eigenvalue weighted by molar-refractivity contribution is 7.88. The van der Waals surface area contributed by atoms with Crippen LogP contribution in [-0.4, -0.2) is 26.8 Å². The average molecular weight is 505 g/mol. The zero-order valence-corrected chi connectivity index (χ0v) is 19.8. The first-order valence-corrected chi connectivity index (χ1v) is 12.6. The van der Waals surface area contributed by atoms with Gasteiger partial charge in [0.2, 0.25) is 10.0 Å². The number of sulfonamides is 1. The lowest BCUT2D eigenvalue weighted by molar-refractivity contribution is -0.137. The average Bonchev–Trinajstić information content (AvgIpc) is 3.13. The number of fused-ring (bicyclic) bond motifs is 1. The number of benzene rings is 3. The summed E-state index contributed by atoms with van der Waals surface area (Å²) >= 11 is 0. The van der Waals surface area contributed by atoms with Gasteiger partial charge in [-0.15, -0.1) is 0 Å². The molecule has 1 aliphatic rings. The lowest BCUT2D eigenvalue weighted by atomic mass is 9.98. The standard InChI is InChI=1S/C25H23F3N2O4S/c1-15-4-3-5-22(23(15)16-6-9-19(10-7-16)25(26,27)28)34-24(31)29-20-11-8-17-12-21(14-18(17)13-20)30-35(2,32)33/h3-11,13,21,30H,12,14H2,1-2H3,(H,29,31)/t21-/m0/s1. The van der Waals surface area contributed by atoms with Crippen LogP contribution in [0, 0.1) is 6.92 Å². The number of alkyl halides is 3. The fraction of sp³-hybridized carbons (Fsp3) is 0.240. The largest absolute Gasteiger partial charge is 0.417 e. The quantitative estimate of drug-likeness (QED) is 0.493. The Balaban J connectivity index is 1.49. The molecule has 6 nitrogen and oxygen atoms in total. The Kier molecular flexibility index (Phi) is 6.61. The fourth-order valence-corrected chi connectivity index (χ4v) is 5.02. The molecule has 184 valence electrons. The number of hydrogen-bond donors (Lipinski definition) is 2. The Morgan fingerprint density at radius 2 is 1.69 bits per heavy atom. The smallest absolute Gasteiger partial charge is 0.409 e. The maximum Gasteiger partial charge on any atom is 0.417 e. The Morgan fingerprint density at radius 1 is 1.00 bits per heavy atom. The van der Waals surface area contributed by atoms with Crippen LogP contribution in [0.2, 0.25) is 0 Å². The van der Waals surface area contributed by atoms with Crippen molar-refractivity contribution in [3.8, 4) is 16.9 Å². The summed E-state index contributed by atoms with van der Waals surface area (Å²) < 4.78 is 69.9. The first-order valence-electron chi connectivity index (χ1n) is 10.7. The van der Waals surface area contributed by atoms with Crippen LogP contribution >= 0.6 is 0 Å². The molecular weight excluding hydrogens is 481 g/mol. The van der Waals surface area contributed by atoms with Gasteiger partial charge < -0.3 is 4.74 Å². The van der Waals surface area contributed by atoms with Crippen LogP contribution in [0.4, 0.5) is 23.7 Å². The van der Waals surface area contributed by atoms with E-state index in [1.54, 1.807) is 37.3 Å². The van der Waals surface area contributed by atoms with E-state index < -0.39 is 27.9 Å². The number of carbonyl (C=O) groups is 1. The lowest BCUT2D eigenvalue weighted by Gasteiger charge is -2.15. The van der Waals surface area contributed by atoms with Crippen LogP contribution in [0.5, 0.6) is 5.75 Å². The number of rotatable bonds is 5. The third-order valence-corrected chi connectivity index (χ3v) is 6.47. The lowest BCUT2D eigenvalue weighted by Crippen LogP contribution is -2.34. The molecule has 0 radical (unpaired) electrons. The van der Waals surface area contributed by atoms with Gasteiger partial charge in [-0.2, -0.15) is 13.2 Å². The van der Waals surface area contributed by atoms with Crippen LogP contribution in [0.1, 0.15) is 22.3 Å². The Morgan fingerprint density at radius 3 is 2.34 bits per heavy atom. The fourth-order valence-electron chi connectivity index (χ4n) is 4.25. The van der Waals surface area contributed by atoms with Gasteiger partial charge in [0.05, 0.1) is 11.8 Å². The molecule has 1 aliphatic carbocycles. The van der Waals surface area contributed by atoms with Gasteiger partial charge in [0.1, 0.15) is 5.75 Å². The van der Waals surface area contributed by atoms with Crippen molar-refractivity contribution in [3.05, 3.63) is 82.9 Å². The summed E-state index contributed by atoms with van der Waals surface area (Å²) in [6.45, 7) is 1.78. The molecule has 0 aliphatic heterocycles. The number of carbonyl (C=O) groups excluding carboxylic acids is 1. The molecule has 4 rings (SSSR count). The molecule has 0 heterocycles. The summed E-state index contributed by atoms with van der Waals surface area (Å²) in [5.74, 6) is 0.209. The van der Waals surface area contributed by atoms with Gasteiger partial charge in [-0.05, 0) is 72.4 Å². The third kappa shape index (κ3) is 6.01. The second-order valence-corrected chi connectivity index (χ2v) is 10.3. The Labute approximate surface area is 201 Å². The topological polar surface area (TPSA) is 84.5 Å². The van der Waals surface area contributed by atoms with E-state index in [1.807, 2.05) is 6.07 Å². The minimum atomic E-state index is -4.44. The first-order chi connectivity index (χ1) is 16.4. The molecule has 0 saturated carbocycles. The molecule has 1 amide bonds. The van der Waals surface area contributed by atoms with Gasteiger partial charge >= 0.3 is 12.3 Å². The van der Waals surface area contributed by atoms with E-state index in [4.69, 9.17) is 4.74 Å². The van der Waals surface area contributed by atoms with Crippen LogP contribution in [0.25, 0.3) is 11.1 Å². The van der Waals surface area contributed by atoms with E-state index in [-0.39, 0.29) is 11.8 Å². The molecule has 2 N–H and O–H groups in total. The van der Waals surface area contributed by atoms with E-state index in [0.717, 1.165) is 35.1 Å². The predicted molar refractivity (Wildman–Crippen MR) is 127 cm³/mol. The minimum absolute atomic E-state index is 0.209. The molecule has 3 aromatic carbocycles. The van der Waals surface area contributed by atoms with Crippen LogP contribution in [-0.2, 0) is 29.0 Å². The summed E-state index contributed by atoms with van der Waals surface area (Å²) in [5, 5.41) is 2.66. The normalized spacial score (nSPS) is 15.5. The molecule has 10 heteroatoms. The van der Waals surface area contributed by atoms with Crippen molar-refractivity contribution < 1.29 is 31.1 Å². The van der Waals surface area contributed by atoms with Gasteiger partial charge in [-0.25, -0.2) is 17.9 Å². The molecule has 35 heavy (non-hydrogen) atoms. The van der Waals surface area contributed by atoms with Crippen molar-refractivity contribution in [2.24, 2.45) is 0 Å². The number of anilines is 1. The molecule has 1 atom stereocenters. The molecular formula is C25H23F3N2O4S. The van der Waals surface area contributed by atoms with Crippen molar-refractivity contribution in [1.29, 1.82) is 0 Å². The number of halogens is 3. The summed E-state index contributed by atoms with van der Waals surface area (Å²) in [4.78, 5) is 12.6. The number of ether oxygens (including phenoxy) is 1. The number of hydrogen-bond acceptors (Lipinski definition) is 4. The number of aryl methyl sites for hydroxylation is 1. The van der Waals surface area contributed by atoms with Crippen molar-refractivity contribution in [2.45, 2.75) is 32.0 Å². The second kappa shape index (κ2) is 9.35. The monoisotopic (exact) mass is 504 g/mol. The highest BCUT2D eigenvalue weighted by atomic mass is 32.2. The van der Waals surface area contributed by atoms with Crippen LogP contribution in [0.15, 0.2) is 60.7 Å². The highest BCUT2D eigenvalue weighted by Gasteiger charge is 2.30. The Hall–Kier alpha value is -3.37. The molecule has 0 saturated heterocycles. The van der Waals surface area contributed by atoms with E-state index in [0.29, 0.717) is 29.7 Å². The molecule has 0 unspecified atom stereocenters. The number of nitrogens with one attached hydrogen (secondary N) is 2. The summed E-state index contributed by atoms with van der Waals surface area (Å²) in [7, 11) is -3.32. The van der Waals surface area contributed by atoms with Gasteiger partial charge in [0, 0.05) is 17.3 Å². The predicted octanol–water partition coefficient (Wildman–Crippen LogP) is 5.31. The zero-order valence-electron chi connectivity index (χ0n) is 18.9. The third-order valence-electron chi connectivity index (χ3n) is 5.70. The summed E-state index contributed by atoms with van der Waals surface area (Å²) in [6.07, 6.45) is -3.02. The van der Waals surface area contributed by atoms with Gasteiger partial charge in [-0.1, -0.05) is 30.3 Å². The first kappa shape index (κ1) is 24.7. The maximum atomic E-state index is 12.9. The van der Waals surface area contributed by atoms with E-state index in [9.17, 15) is 26.4 Å². The molecule has 0 fully saturated rings. The minimum Gasteiger partial charge on any atom is -0.409 e. The van der Waals surface area contributed by atoms with Gasteiger partial charge in [0.25, 0.3) is 0 Å². The van der Waals surface area contributed by atoms with Crippen molar-refractivity contribution in [2.75, 3.05) is 11.6 Å². The van der Waals surface area contributed by atoms with Crippen LogP contribution < -0.4 is 14.8 Å². The highest BCUT2D eigenvalue weighted by Crippen LogP contribution is 2.36. The molecule has 0 spiro atoms. The maximum absolute atomic E-state index is 12.9. The second-order valence-electron chi connectivity index (χ2n) is 8.52. The van der Waals surface area contributed by atoms with Crippen molar-refractivity contribution in [1.82, 2.24) is 4.72 Å². The van der Waals surface area contributed by atoms with Crippen molar-refractivity contribution in [3.63, 3.8) is 0 Å². The molecule has 3 aromatic rings. The van der Waals surface area contributed by atoms with E-state index >= 15 is 0 Å². The number of amides is 1. The van der Waals surface area contributed by atoms with Gasteiger partial charge in [-0.3, -0.25) is 5.32 Å². The zero-order chi connectivity index (χ0) is 25.4.